The molecule has 0 spiro atoms. The van der Waals surface area contributed by atoms with Crippen molar-refractivity contribution in [1.29, 1.82) is 0 Å². The summed E-state index contributed by atoms with van der Waals surface area (Å²) in [6.45, 7) is 6.21. The van der Waals surface area contributed by atoms with Crippen LogP contribution >= 0.6 is 11.6 Å². The highest BCUT2D eigenvalue weighted by Crippen LogP contribution is 2.31. The molecule has 2 rings (SSSR count). The lowest BCUT2D eigenvalue weighted by atomic mass is 9.97. The molecule has 1 saturated heterocycles. The molecule has 1 aromatic carbocycles. The van der Waals surface area contributed by atoms with E-state index >= 15 is 0 Å². The summed E-state index contributed by atoms with van der Waals surface area (Å²) in [7, 11) is 0. The molecule has 1 aliphatic rings. The minimum Gasteiger partial charge on any atom is -0.367 e. The number of benzene rings is 1. The smallest absolute Gasteiger partial charge is 0.125 e. The van der Waals surface area contributed by atoms with E-state index in [1.807, 2.05) is 0 Å². The molecule has 2 atom stereocenters. The minimum absolute atomic E-state index is 0.226. The van der Waals surface area contributed by atoms with Gasteiger partial charge in [0.2, 0.25) is 0 Å². The van der Waals surface area contributed by atoms with E-state index in [0.717, 1.165) is 31.6 Å². The lowest BCUT2D eigenvalue weighted by Gasteiger charge is -2.40. The zero-order valence-corrected chi connectivity index (χ0v) is 11.7. The van der Waals surface area contributed by atoms with Crippen LogP contribution < -0.4 is 10.2 Å². The first-order chi connectivity index (χ1) is 8.61. The second kappa shape index (κ2) is 5.89. The molecule has 100 valence electrons. The minimum atomic E-state index is -0.226. The number of halogens is 2. The number of nitrogens with zero attached hydrogens (tertiary/aromatic N) is 1. The zero-order chi connectivity index (χ0) is 13.1. The molecule has 1 N–H and O–H groups in total. The molecule has 0 bridgehead atoms. The van der Waals surface area contributed by atoms with Crippen molar-refractivity contribution in [3.05, 3.63) is 29.0 Å². The van der Waals surface area contributed by atoms with Gasteiger partial charge in [0, 0.05) is 18.6 Å². The van der Waals surface area contributed by atoms with Crippen LogP contribution in [0.15, 0.2) is 18.2 Å². The van der Waals surface area contributed by atoms with Crippen LogP contribution in [0.3, 0.4) is 0 Å². The standard InChI is InChI=1S/C14H20ClFN2/c1-3-17-12-6-7-18(10(2)8-12)14-9-11(16)4-5-13(14)15/h4-5,9-10,12,17H,3,6-8H2,1-2H3. The first-order valence-corrected chi connectivity index (χ1v) is 6.94. The Kier molecular flexibility index (Phi) is 4.46. The van der Waals surface area contributed by atoms with E-state index in [1.165, 1.54) is 12.1 Å². The van der Waals surface area contributed by atoms with Crippen molar-refractivity contribution in [2.24, 2.45) is 0 Å². The molecule has 0 saturated carbocycles. The molecule has 0 aliphatic carbocycles. The third-order valence-corrected chi connectivity index (χ3v) is 3.91. The second-order valence-corrected chi connectivity index (χ2v) is 5.32. The van der Waals surface area contributed by atoms with Gasteiger partial charge in [-0.05, 0) is 44.5 Å². The lowest BCUT2D eigenvalue weighted by molar-refractivity contribution is 0.374. The molecular weight excluding hydrogens is 251 g/mol. The Bertz CT molecular complexity index is 411. The molecule has 1 fully saturated rings. The first kappa shape index (κ1) is 13.6. The monoisotopic (exact) mass is 270 g/mol. The highest BCUT2D eigenvalue weighted by atomic mass is 35.5. The van der Waals surface area contributed by atoms with Gasteiger partial charge in [-0.3, -0.25) is 0 Å². The van der Waals surface area contributed by atoms with Gasteiger partial charge < -0.3 is 10.2 Å². The number of rotatable bonds is 3. The van der Waals surface area contributed by atoms with Gasteiger partial charge in [-0.15, -0.1) is 0 Å². The average molecular weight is 271 g/mol. The van der Waals surface area contributed by atoms with Crippen molar-refractivity contribution >= 4 is 17.3 Å². The van der Waals surface area contributed by atoms with Gasteiger partial charge in [0.25, 0.3) is 0 Å². The molecule has 1 aromatic rings. The van der Waals surface area contributed by atoms with E-state index in [9.17, 15) is 4.39 Å². The summed E-state index contributed by atoms with van der Waals surface area (Å²) in [6.07, 6.45) is 2.14. The van der Waals surface area contributed by atoms with E-state index < -0.39 is 0 Å². The van der Waals surface area contributed by atoms with E-state index in [4.69, 9.17) is 11.6 Å². The van der Waals surface area contributed by atoms with Crippen LogP contribution in [-0.2, 0) is 0 Å². The summed E-state index contributed by atoms with van der Waals surface area (Å²) in [5.74, 6) is -0.226. The topological polar surface area (TPSA) is 15.3 Å². The van der Waals surface area contributed by atoms with Crippen molar-refractivity contribution < 1.29 is 4.39 Å². The summed E-state index contributed by atoms with van der Waals surface area (Å²) in [4.78, 5) is 2.21. The fourth-order valence-corrected chi connectivity index (χ4v) is 2.94. The maximum absolute atomic E-state index is 13.3. The molecular formula is C14H20ClFN2. The summed E-state index contributed by atoms with van der Waals surface area (Å²) in [5.41, 5.74) is 0.819. The maximum Gasteiger partial charge on any atom is 0.125 e. The molecule has 1 aliphatic heterocycles. The number of nitrogens with one attached hydrogen (secondary N) is 1. The first-order valence-electron chi connectivity index (χ1n) is 6.57. The fraction of sp³-hybridized carbons (Fsp3) is 0.571. The van der Waals surface area contributed by atoms with E-state index in [2.05, 4.69) is 24.1 Å². The Morgan fingerprint density at radius 3 is 2.94 bits per heavy atom. The van der Waals surface area contributed by atoms with Gasteiger partial charge in [0.15, 0.2) is 0 Å². The maximum atomic E-state index is 13.3. The number of hydrogen-bond donors (Lipinski definition) is 1. The molecule has 0 amide bonds. The zero-order valence-electron chi connectivity index (χ0n) is 10.9. The average Bonchev–Trinajstić information content (AvgIpc) is 2.33. The van der Waals surface area contributed by atoms with Crippen LogP contribution in [0.4, 0.5) is 10.1 Å². The Morgan fingerprint density at radius 2 is 2.28 bits per heavy atom. The van der Waals surface area contributed by atoms with Gasteiger partial charge in [0.05, 0.1) is 10.7 Å². The Hall–Kier alpha value is -0.800. The molecule has 4 heteroatoms. The Morgan fingerprint density at radius 1 is 1.50 bits per heavy atom. The van der Waals surface area contributed by atoms with Crippen molar-refractivity contribution in [1.82, 2.24) is 5.32 Å². The molecule has 2 unspecified atom stereocenters. The summed E-state index contributed by atoms with van der Waals surface area (Å²) < 4.78 is 13.3. The fourth-order valence-electron chi connectivity index (χ4n) is 2.71. The van der Waals surface area contributed by atoms with Gasteiger partial charge in [-0.25, -0.2) is 4.39 Å². The van der Waals surface area contributed by atoms with Crippen molar-refractivity contribution in [2.75, 3.05) is 18.0 Å². The van der Waals surface area contributed by atoms with Crippen LogP contribution in [0.5, 0.6) is 0 Å². The third-order valence-electron chi connectivity index (χ3n) is 3.59. The number of piperidine rings is 1. The van der Waals surface area contributed by atoms with Crippen molar-refractivity contribution in [3.63, 3.8) is 0 Å². The van der Waals surface area contributed by atoms with Gasteiger partial charge in [-0.2, -0.15) is 0 Å². The van der Waals surface area contributed by atoms with E-state index in [-0.39, 0.29) is 5.82 Å². The SMILES string of the molecule is CCNC1CCN(c2cc(F)ccc2Cl)C(C)C1. The summed E-state index contributed by atoms with van der Waals surface area (Å²) >= 11 is 6.17. The van der Waals surface area contributed by atoms with Crippen molar-refractivity contribution in [2.45, 2.75) is 38.8 Å². The van der Waals surface area contributed by atoms with Crippen LogP contribution in [0.25, 0.3) is 0 Å². The molecule has 0 radical (unpaired) electrons. The lowest BCUT2D eigenvalue weighted by Crippen LogP contribution is -2.47. The summed E-state index contributed by atoms with van der Waals surface area (Å²) in [5, 5.41) is 4.11. The van der Waals surface area contributed by atoms with Gasteiger partial charge in [0.1, 0.15) is 5.82 Å². The highest BCUT2D eigenvalue weighted by Gasteiger charge is 2.26. The van der Waals surface area contributed by atoms with Crippen LogP contribution in [0.2, 0.25) is 5.02 Å². The number of hydrogen-bond acceptors (Lipinski definition) is 2. The predicted molar refractivity (Wildman–Crippen MR) is 74.9 cm³/mol. The normalized spacial score (nSPS) is 24.3. The number of anilines is 1. The summed E-state index contributed by atoms with van der Waals surface area (Å²) in [6, 6.07) is 5.51. The molecule has 1 heterocycles. The van der Waals surface area contributed by atoms with Gasteiger partial charge in [-0.1, -0.05) is 18.5 Å². The second-order valence-electron chi connectivity index (χ2n) is 4.92. The Balaban J connectivity index is 2.12. The van der Waals surface area contributed by atoms with Crippen LogP contribution in [-0.4, -0.2) is 25.2 Å². The quantitative estimate of drug-likeness (QED) is 0.905. The van der Waals surface area contributed by atoms with E-state index in [1.54, 1.807) is 6.07 Å². The Labute approximate surface area is 113 Å². The van der Waals surface area contributed by atoms with E-state index in [0.29, 0.717) is 17.1 Å². The predicted octanol–water partition coefficient (Wildman–Crippen LogP) is 3.45. The third kappa shape index (κ3) is 2.96. The molecule has 2 nitrogen and oxygen atoms in total. The highest BCUT2D eigenvalue weighted by molar-refractivity contribution is 6.33. The largest absolute Gasteiger partial charge is 0.367 e. The molecule has 0 aromatic heterocycles. The molecule has 18 heavy (non-hydrogen) atoms. The van der Waals surface area contributed by atoms with Crippen LogP contribution in [0, 0.1) is 5.82 Å². The van der Waals surface area contributed by atoms with Crippen LogP contribution in [0.1, 0.15) is 26.7 Å². The van der Waals surface area contributed by atoms with Crippen molar-refractivity contribution in [3.8, 4) is 0 Å². The van der Waals surface area contributed by atoms with Gasteiger partial charge >= 0.3 is 0 Å².